The highest BCUT2D eigenvalue weighted by Gasteiger charge is 2.25. The van der Waals surface area contributed by atoms with Crippen molar-refractivity contribution in [3.05, 3.63) is 29.8 Å². The van der Waals surface area contributed by atoms with E-state index in [9.17, 15) is 14.4 Å². The number of urea groups is 1. The van der Waals surface area contributed by atoms with Gasteiger partial charge in [0.2, 0.25) is 11.8 Å². The van der Waals surface area contributed by atoms with Crippen molar-refractivity contribution in [2.45, 2.75) is 25.3 Å². The van der Waals surface area contributed by atoms with E-state index in [4.69, 9.17) is 4.74 Å². The van der Waals surface area contributed by atoms with Crippen LogP contribution >= 0.6 is 0 Å². The molecule has 22 heavy (non-hydrogen) atoms. The number of nitrogens with one attached hydrogen (secondary N) is 3. The second kappa shape index (κ2) is 7.44. The molecule has 2 rings (SSSR count). The van der Waals surface area contributed by atoms with Gasteiger partial charge in [-0.3, -0.25) is 14.9 Å². The molecule has 0 aliphatic carbocycles. The third-order valence-corrected chi connectivity index (χ3v) is 3.35. The Morgan fingerprint density at radius 3 is 2.68 bits per heavy atom. The predicted molar refractivity (Wildman–Crippen MR) is 79.4 cm³/mol. The zero-order valence-electron chi connectivity index (χ0n) is 12.3. The molecule has 0 spiro atoms. The van der Waals surface area contributed by atoms with Crippen LogP contribution in [0, 0.1) is 0 Å². The van der Waals surface area contributed by atoms with Crippen LogP contribution < -0.4 is 20.7 Å². The smallest absolute Gasteiger partial charge is 0.321 e. The summed E-state index contributed by atoms with van der Waals surface area (Å²) in [4.78, 5) is 34.1. The van der Waals surface area contributed by atoms with E-state index in [2.05, 4.69) is 16.0 Å². The highest BCUT2D eigenvalue weighted by Crippen LogP contribution is 2.11. The van der Waals surface area contributed by atoms with Gasteiger partial charge in [0.1, 0.15) is 5.75 Å². The first-order valence-electron chi connectivity index (χ1n) is 7.07. The molecule has 1 aromatic carbocycles. The Bertz CT molecular complexity index is 540. The lowest BCUT2D eigenvalue weighted by Crippen LogP contribution is -2.53. The molecule has 7 nitrogen and oxygen atoms in total. The molecule has 1 saturated heterocycles. The van der Waals surface area contributed by atoms with Crippen LogP contribution in [0.5, 0.6) is 5.75 Å². The van der Waals surface area contributed by atoms with Crippen LogP contribution in [0.1, 0.15) is 18.4 Å². The zero-order valence-corrected chi connectivity index (χ0v) is 12.3. The number of imide groups is 1. The molecule has 1 aromatic rings. The molecule has 1 aliphatic rings. The number of carbonyl (C=O) groups excluding carboxylic acids is 3. The molecular formula is C15H19N3O4. The second-order valence-corrected chi connectivity index (χ2v) is 5.07. The molecule has 118 valence electrons. The van der Waals surface area contributed by atoms with Gasteiger partial charge >= 0.3 is 6.03 Å². The van der Waals surface area contributed by atoms with Crippen LogP contribution in [0.15, 0.2) is 24.3 Å². The van der Waals surface area contributed by atoms with E-state index in [1.807, 2.05) is 24.3 Å². The Hall–Kier alpha value is -2.57. The Morgan fingerprint density at radius 2 is 2.05 bits per heavy atom. The van der Waals surface area contributed by atoms with Crippen LogP contribution in [0.3, 0.4) is 0 Å². The van der Waals surface area contributed by atoms with Crippen molar-refractivity contribution < 1.29 is 19.1 Å². The number of hydrogen-bond acceptors (Lipinski definition) is 4. The molecule has 1 aliphatic heterocycles. The largest absolute Gasteiger partial charge is 0.497 e. The lowest BCUT2D eigenvalue weighted by atomic mass is 10.1. The fourth-order valence-corrected chi connectivity index (χ4v) is 2.23. The zero-order chi connectivity index (χ0) is 15.9. The average molecular weight is 305 g/mol. The number of amides is 4. The maximum atomic E-state index is 11.8. The van der Waals surface area contributed by atoms with Gasteiger partial charge in [-0.2, -0.15) is 0 Å². The van der Waals surface area contributed by atoms with Crippen LogP contribution in [0.25, 0.3) is 0 Å². The van der Waals surface area contributed by atoms with Crippen LogP contribution in [0.2, 0.25) is 0 Å². The van der Waals surface area contributed by atoms with Crippen molar-refractivity contribution in [3.63, 3.8) is 0 Å². The summed E-state index contributed by atoms with van der Waals surface area (Å²) < 4.78 is 5.08. The quantitative estimate of drug-likeness (QED) is 0.706. The maximum absolute atomic E-state index is 11.8. The standard InChI is InChI=1S/C15H19N3O4/c1-22-12-4-2-10(3-5-12)6-7-16-13(19)8-11-9-14(20)18-15(21)17-11/h2-5,11H,6-9H2,1H3,(H,16,19)(H2,17,18,20,21). The molecule has 0 radical (unpaired) electrons. The fourth-order valence-electron chi connectivity index (χ4n) is 2.23. The van der Waals surface area contributed by atoms with E-state index in [-0.39, 0.29) is 24.7 Å². The van der Waals surface area contributed by atoms with Gasteiger partial charge in [0.15, 0.2) is 0 Å². The monoisotopic (exact) mass is 305 g/mol. The third kappa shape index (κ3) is 4.76. The molecule has 0 bridgehead atoms. The number of ether oxygens (including phenoxy) is 1. The topological polar surface area (TPSA) is 96.5 Å². The summed E-state index contributed by atoms with van der Waals surface area (Å²) in [5.74, 6) is 0.243. The third-order valence-electron chi connectivity index (χ3n) is 3.35. The lowest BCUT2D eigenvalue weighted by molar-refractivity contribution is -0.123. The number of carbonyl (C=O) groups is 3. The van der Waals surface area contributed by atoms with E-state index in [1.165, 1.54) is 0 Å². The average Bonchev–Trinajstić information content (AvgIpc) is 2.47. The summed E-state index contributed by atoms with van der Waals surface area (Å²) in [6.45, 7) is 0.498. The van der Waals surface area contributed by atoms with Crippen molar-refractivity contribution in [1.82, 2.24) is 16.0 Å². The summed E-state index contributed by atoms with van der Waals surface area (Å²) in [5.41, 5.74) is 1.09. The molecule has 0 saturated carbocycles. The van der Waals surface area contributed by atoms with Crippen molar-refractivity contribution in [2.24, 2.45) is 0 Å². The van der Waals surface area contributed by atoms with Gasteiger partial charge in [-0.15, -0.1) is 0 Å². The molecular weight excluding hydrogens is 286 g/mol. The minimum absolute atomic E-state index is 0.0990. The van der Waals surface area contributed by atoms with Crippen LogP contribution in [-0.2, 0) is 16.0 Å². The predicted octanol–water partition coefficient (Wildman–Crippen LogP) is 0.342. The van der Waals surface area contributed by atoms with Crippen LogP contribution in [-0.4, -0.2) is 37.5 Å². The van der Waals surface area contributed by atoms with Gasteiger partial charge in [0, 0.05) is 25.4 Å². The highest BCUT2D eigenvalue weighted by atomic mass is 16.5. The van der Waals surface area contributed by atoms with Crippen molar-refractivity contribution in [1.29, 1.82) is 0 Å². The van der Waals surface area contributed by atoms with Crippen molar-refractivity contribution in [3.8, 4) is 5.75 Å². The normalized spacial score (nSPS) is 17.4. The molecule has 1 heterocycles. The first kappa shape index (κ1) is 15.8. The first-order valence-corrected chi connectivity index (χ1v) is 7.07. The van der Waals surface area contributed by atoms with Gasteiger partial charge in [0.25, 0.3) is 0 Å². The maximum Gasteiger partial charge on any atom is 0.321 e. The Balaban J connectivity index is 1.71. The summed E-state index contributed by atoms with van der Waals surface area (Å²) in [6, 6.07) is 6.63. The number of hydrogen-bond donors (Lipinski definition) is 3. The lowest BCUT2D eigenvalue weighted by Gasteiger charge is -2.22. The molecule has 1 unspecified atom stereocenters. The van der Waals surface area contributed by atoms with E-state index < -0.39 is 12.1 Å². The van der Waals surface area contributed by atoms with Gasteiger partial charge in [-0.1, -0.05) is 12.1 Å². The van der Waals surface area contributed by atoms with Gasteiger partial charge in [-0.05, 0) is 24.1 Å². The number of methoxy groups -OCH3 is 1. The van der Waals surface area contributed by atoms with E-state index >= 15 is 0 Å². The molecule has 1 atom stereocenters. The van der Waals surface area contributed by atoms with Gasteiger partial charge in [0.05, 0.1) is 7.11 Å². The fraction of sp³-hybridized carbons (Fsp3) is 0.400. The number of benzene rings is 1. The van der Waals surface area contributed by atoms with E-state index in [0.29, 0.717) is 13.0 Å². The second-order valence-electron chi connectivity index (χ2n) is 5.07. The Kier molecular flexibility index (Phi) is 5.35. The summed E-state index contributed by atoms with van der Waals surface area (Å²) in [5, 5.41) is 7.46. The summed E-state index contributed by atoms with van der Waals surface area (Å²) in [6.07, 6.45) is 0.923. The van der Waals surface area contributed by atoms with Crippen LogP contribution in [0.4, 0.5) is 4.79 Å². The molecule has 1 fully saturated rings. The number of rotatable bonds is 6. The summed E-state index contributed by atoms with van der Waals surface area (Å²) in [7, 11) is 1.61. The molecule has 0 aromatic heterocycles. The highest BCUT2D eigenvalue weighted by molar-refractivity contribution is 5.97. The van der Waals surface area contributed by atoms with Gasteiger partial charge < -0.3 is 15.4 Å². The molecule has 3 N–H and O–H groups in total. The van der Waals surface area contributed by atoms with Gasteiger partial charge in [-0.25, -0.2) is 4.79 Å². The molecule has 4 amide bonds. The molecule has 7 heteroatoms. The SMILES string of the molecule is COc1ccc(CCNC(=O)CC2CC(=O)NC(=O)N2)cc1. The van der Waals surface area contributed by atoms with E-state index in [0.717, 1.165) is 11.3 Å². The minimum atomic E-state index is -0.549. The minimum Gasteiger partial charge on any atom is -0.497 e. The van der Waals surface area contributed by atoms with Crippen molar-refractivity contribution in [2.75, 3.05) is 13.7 Å². The Labute approximate surface area is 128 Å². The first-order chi connectivity index (χ1) is 10.6. The van der Waals surface area contributed by atoms with E-state index in [1.54, 1.807) is 7.11 Å². The van der Waals surface area contributed by atoms with Crippen molar-refractivity contribution >= 4 is 17.8 Å². The Morgan fingerprint density at radius 1 is 1.32 bits per heavy atom. The summed E-state index contributed by atoms with van der Waals surface area (Å²) >= 11 is 0.